The van der Waals surface area contributed by atoms with Gasteiger partial charge in [0.05, 0.1) is 6.17 Å². The van der Waals surface area contributed by atoms with Gasteiger partial charge in [0.1, 0.15) is 0 Å². The monoisotopic (exact) mass is 486 g/mol. The third kappa shape index (κ3) is 17.9. The van der Waals surface area contributed by atoms with E-state index < -0.39 is 24.3 Å². The third-order valence-electron chi connectivity index (χ3n) is 1.88. The van der Waals surface area contributed by atoms with Crippen molar-refractivity contribution in [2.24, 2.45) is 0 Å². The summed E-state index contributed by atoms with van der Waals surface area (Å²) in [6.45, 7) is 3.15. The summed E-state index contributed by atoms with van der Waals surface area (Å²) in [7, 11) is 1.67. The van der Waals surface area contributed by atoms with Crippen molar-refractivity contribution in [2.45, 2.75) is 39.0 Å². The minimum atomic E-state index is -4.67. The van der Waals surface area contributed by atoms with Gasteiger partial charge in [-0.3, -0.25) is 0 Å². The van der Waals surface area contributed by atoms with Crippen molar-refractivity contribution < 1.29 is 52.2 Å². The van der Waals surface area contributed by atoms with E-state index in [1.165, 1.54) is 0 Å². The van der Waals surface area contributed by atoms with E-state index in [1.807, 2.05) is 6.20 Å². The van der Waals surface area contributed by atoms with Crippen LogP contribution in [0.1, 0.15) is 26.7 Å². The molecule has 0 aromatic rings. The van der Waals surface area contributed by atoms with Crippen LogP contribution in [-0.2, 0) is 25.8 Å². The van der Waals surface area contributed by atoms with Gasteiger partial charge in [0.15, 0.2) is 0 Å². The number of hydrogen-bond acceptors (Lipinski definition) is 2. The topological polar surface area (TPSA) is 24.1 Å². The van der Waals surface area contributed by atoms with Gasteiger partial charge in [0.2, 0.25) is 0 Å². The molecule has 1 unspecified atom stereocenters. The molecule has 0 fully saturated rings. The molecule has 0 bridgehead atoms. The summed E-state index contributed by atoms with van der Waals surface area (Å²) < 4.78 is 70.9. The van der Waals surface area contributed by atoms with E-state index in [-0.39, 0.29) is 38.8 Å². The fourth-order valence-electron chi connectivity index (χ4n) is 1.07. The minimum absolute atomic E-state index is 0. The Kier molecular flexibility index (Phi) is 18.3. The Morgan fingerprint density at radius 1 is 1.24 bits per heavy atom. The molecule has 126 valence electrons. The van der Waals surface area contributed by atoms with Gasteiger partial charge in [-0.2, -0.15) is 13.2 Å². The van der Waals surface area contributed by atoms with Gasteiger partial charge >= 0.3 is 6.18 Å². The summed E-state index contributed by atoms with van der Waals surface area (Å²) in [6.07, 6.45) is -6.13. The van der Waals surface area contributed by atoms with Gasteiger partial charge in [-0.25, -0.2) is 4.39 Å². The minimum Gasteiger partial charge on any atom is -0.566 e. The van der Waals surface area contributed by atoms with Crippen molar-refractivity contribution in [3.05, 3.63) is 18.2 Å². The van der Waals surface area contributed by atoms with E-state index in [0.717, 1.165) is 6.92 Å². The first-order chi connectivity index (χ1) is 9.16. The number of alkyl halides is 4. The van der Waals surface area contributed by atoms with Crippen molar-refractivity contribution >= 4 is 0 Å². The smallest absolute Gasteiger partial charge is 0.385 e. The first-order valence-corrected chi connectivity index (χ1v) is 6.02. The molecular formula is C12H20F6HfN2-2. The van der Waals surface area contributed by atoms with Crippen molar-refractivity contribution in [3.63, 3.8) is 0 Å². The SMILES string of the molecule is CCCC(F)C(=[C-]NCCNC)C(F)(F)F.C[C-](F)F.[Hf]. The van der Waals surface area contributed by atoms with E-state index in [0.29, 0.717) is 13.0 Å². The van der Waals surface area contributed by atoms with E-state index >= 15 is 0 Å². The Balaban J connectivity index is -0.000000572. The second-order valence-electron chi connectivity index (χ2n) is 3.77. The number of likely N-dealkylation sites (N-methyl/N-ethyl adjacent to an activating group) is 1. The fraction of sp³-hybridized carbons (Fsp3) is 0.750. The molecule has 0 spiro atoms. The van der Waals surface area contributed by atoms with Crippen LogP contribution in [-0.4, -0.2) is 32.5 Å². The Bertz CT molecular complexity index is 256. The van der Waals surface area contributed by atoms with E-state index in [4.69, 9.17) is 0 Å². The van der Waals surface area contributed by atoms with Gasteiger partial charge in [0.25, 0.3) is 0 Å². The molecule has 1 atom stereocenters. The molecule has 0 aliphatic rings. The molecule has 0 rings (SSSR count). The van der Waals surface area contributed by atoms with Crippen molar-refractivity contribution in [1.29, 1.82) is 0 Å². The summed E-state index contributed by atoms with van der Waals surface area (Å²) in [6, 6.07) is 0. The average molecular weight is 485 g/mol. The van der Waals surface area contributed by atoms with E-state index in [9.17, 15) is 26.3 Å². The average Bonchev–Trinajstić information content (AvgIpc) is 2.26. The zero-order valence-electron chi connectivity index (χ0n) is 12.2. The number of nitrogens with one attached hydrogen (secondary N) is 2. The zero-order chi connectivity index (χ0) is 16.2. The molecule has 2 nitrogen and oxygen atoms in total. The molecule has 0 aliphatic carbocycles. The maximum Gasteiger partial charge on any atom is 0.385 e. The van der Waals surface area contributed by atoms with Gasteiger partial charge in [0, 0.05) is 32.4 Å². The van der Waals surface area contributed by atoms with Gasteiger partial charge in [-0.15, -0.1) is 6.92 Å². The van der Waals surface area contributed by atoms with Crippen molar-refractivity contribution in [1.82, 2.24) is 10.6 Å². The first-order valence-electron chi connectivity index (χ1n) is 6.02. The summed E-state index contributed by atoms with van der Waals surface area (Å²) in [5.41, 5.74) is -1.26. The molecule has 0 saturated carbocycles. The van der Waals surface area contributed by atoms with E-state index in [1.54, 1.807) is 14.0 Å². The van der Waals surface area contributed by atoms with Crippen LogP contribution >= 0.6 is 0 Å². The number of allylic oxidation sites excluding steroid dienone is 1. The maximum absolute atomic E-state index is 13.2. The molecule has 0 aromatic carbocycles. The fourth-order valence-corrected chi connectivity index (χ4v) is 1.07. The summed E-state index contributed by atoms with van der Waals surface area (Å²) in [5, 5.41) is 5.07. The van der Waals surface area contributed by atoms with Crippen LogP contribution in [0.4, 0.5) is 26.3 Å². The molecule has 0 aliphatic heterocycles. The number of hydrogen-bond donors (Lipinski definition) is 2. The Hall–Kier alpha value is -0.0499. The Morgan fingerprint density at radius 2 is 1.71 bits per heavy atom. The van der Waals surface area contributed by atoms with Gasteiger partial charge in [-0.1, -0.05) is 18.9 Å². The second-order valence-corrected chi connectivity index (χ2v) is 3.77. The van der Waals surface area contributed by atoms with Gasteiger partial charge < -0.3 is 25.6 Å². The molecule has 0 radical (unpaired) electrons. The zero-order valence-corrected chi connectivity index (χ0v) is 15.8. The first kappa shape index (κ1) is 25.9. The molecule has 0 amide bonds. The molecule has 0 saturated heterocycles. The molecule has 0 heterocycles. The van der Waals surface area contributed by atoms with Crippen LogP contribution in [0, 0.1) is 12.6 Å². The molecule has 2 N–H and O–H groups in total. The molecular weight excluding hydrogens is 465 g/mol. The van der Waals surface area contributed by atoms with E-state index in [2.05, 4.69) is 10.6 Å². The number of rotatable bonds is 7. The quantitative estimate of drug-likeness (QED) is 0.190. The second kappa shape index (κ2) is 14.9. The predicted octanol–water partition coefficient (Wildman–Crippen LogP) is 3.62. The van der Waals surface area contributed by atoms with Crippen LogP contribution in [0.3, 0.4) is 0 Å². The Labute approximate surface area is 140 Å². The standard InChI is InChI=1S/C10H17F4N2.C2H3F2.Hf/c1-3-4-9(11)8(10(12,13)14)7-16-6-5-15-2;1-2(3)4;/h9,15-16H,3-6H2,1-2H3;1H3;/q2*-1;. The van der Waals surface area contributed by atoms with Crippen LogP contribution in [0.5, 0.6) is 0 Å². The normalized spacial score (nSPS) is 13.1. The molecule has 9 heteroatoms. The van der Waals surface area contributed by atoms with Crippen molar-refractivity contribution in [2.75, 3.05) is 20.1 Å². The Morgan fingerprint density at radius 3 is 2.05 bits per heavy atom. The van der Waals surface area contributed by atoms with Crippen LogP contribution in [0.15, 0.2) is 5.57 Å². The molecule has 0 aromatic heterocycles. The molecule has 21 heavy (non-hydrogen) atoms. The largest absolute Gasteiger partial charge is 0.566 e. The van der Waals surface area contributed by atoms with Crippen LogP contribution < -0.4 is 10.6 Å². The van der Waals surface area contributed by atoms with Gasteiger partial charge in [-0.05, 0) is 26.4 Å². The summed E-state index contributed by atoms with van der Waals surface area (Å²) in [4.78, 5) is 0. The van der Waals surface area contributed by atoms with Crippen molar-refractivity contribution in [3.8, 4) is 0 Å². The van der Waals surface area contributed by atoms with Crippen LogP contribution in [0.25, 0.3) is 0 Å². The number of halogens is 6. The maximum atomic E-state index is 13.2. The predicted molar refractivity (Wildman–Crippen MR) is 65.7 cm³/mol. The van der Waals surface area contributed by atoms with Crippen LogP contribution in [0.2, 0.25) is 0 Å². The summed E-state index contributed by atoms with van der Waals surface area (Å²) >= 11 is 0. The summed E-state index contributed by atoms with van der Waals surface area (Å²) in [5.74, 6) is 0. The third-order valence-corrected chi connectivity index (χ3v) is 1.88.